The van der Waals surface area contributed by atoms with E-state index in [0.29, 0.717) is 0 Å². The molecule has 0 aromatic carbocycles. The van der Waals surface area contributed by atoms with Crippen LogP contribution in [0.4, 0.5) is 0 Å². The first-order chi connectivity index (χ1) is 7.91. The van der Waals surface area contributed by atoms with Gasteiger partial charge in [0.15, 0.2) is 11.4 Å². The number of nitrogens with one attached hydrogen (secondary N) is 2. The summed E-state index contributed by atoms with van der Waals surface area (Å²) < 4.78 is 0. The Morgan fingerprint density at radius 2 is 2.24 bits per heavy atom. The standard InChI is InChI=1S/C9H12N4O4/c1-4(2-5(10)14)13-8(15)6-7(9(16)17)12-3-11-6/h3-4H,2H2,1H3,(H2,10,14)(H,11,12)(H,13,15)(H,16,17). The van der Waals surface area contributed by atoms with Gasteiger partial charge in [-0.15, -0.1) is 0 Å². The van der Waals surface area contributed by atoms with E-state index >= 15 is 0 Å². The van der Waals surface area contributed by atoms with E-state index in [1.165, 1.54) is 0 Å². The van der Waals surface area contributed by atoms with Gasteiger partial charge in [0.05, 0.1) is 6.33 Å². The van der Waals surface area contributed by atoms with Crippen LogP contribution in [-0.2, 0) is 4.79 Å². The lowest BCUT2D eigenvalue weighted by atomic mass is 10.2. The number of amides is 2. The Morgan fingerprint density at radius 3 is 2.76 bits per heavy atom. The summed E-state index contributed by atoms with van der Waals surface area (Å²) in [6.45, 7) is 1.58. The monoisotopic (exact) mass is 240 g/mol. The number of aromatic amines is 1. The molecular formula is C9H12N4O4. The minimum absolute atomic E-state index is 0.0292. The van der Waals surface area contributed by atoms with Gasteiger partial charge in [-0.2, -0.15) is 0 Å². The van der Waals surface area contributed by atoms with Crippen LogP contribution >= 0.6 is 0 Å². The Morgan fingerprint density at radius 1 is 1.59 bits per heavy atom. The summed E-state index contributed by atoms with van der Waals surface area (Å²) in [6, 6.07) is -0.488. The fourth-order valence-electron chi connectivity index (χ4n) is 1.27. The SMILES string of the molecule is CC(CC(N)=O)NC(=O)c1nc[nH]c1C(=O)O. The van der Waals surface area contributed by atoms with Gasteiger partial charge in [0, 0.05) is 12.5 Å². The molecule has 0 aliphatic rings. The van der Waals surface area contributed by atoms with E-state index in [-0.39, 0.29) is 17.8 Å². The number of aromatic carboxylic acids is 1. The van der Waals surface area contributed by atoms with Gasteiger partial charge in [0.1, 0.15) is 0 Å². The van der Waals surface area contributed by atoms with Crippen molar-refractivity contribution in [1.82, 2.24) is 15.3 Å². The molecule has 2 amide bonds. The fraction of sp³-hybridized carbons (Fsp3) is 0.333. The van der Waals surface area contributed by atoms with Gasteiger partial charge >= 0.3 is 5.97 Å². The highest BCUT2D eigenvalue weighted by Gasteiger charge is 2.21. The summed E-state index contributed by atoms with van der Waals surface area (Å²) in [7, 11) is 0. The molecule has 8 heteroatoms. The van der Waals surface area contributed by atoms with Crippen LogP contribution in [0.2, 0.25) is 0 Å². The van der Waals surface area contributed by atoms with Crippen molar-refractivity contribution in [3.8, 4) is 0 Å². The second-order valence-corrected chi connectivity index (χ2v) is 3.48. The molecule has 92 valence electrons. The number of hydrogen-bond acceptors (Lipinski definition) is 4. The van der Waals surface area contributed by atoms with Crippen LogP contribution in [0, 0.1) is 0 Å². The van der Waals surface area contributed by atoms with E-state index in [0.717, 1.165) is 6.33 Å². The van der Waals surface area contributed by atoms with Gasteiger partial charge in [0.25, 0.3) is 5.91 Å². The molecular weight excluding hydrogens is 228 g/mol. The maximum absolute atomic E-state index is 11.6. The summed E-state index contributed by atoms with van der Waals surface area (Å²) in [4.78, 5) is 38.9. The average molecular weight is 240 g/mol. The normalized spacial score (nSPS) is 11.8. The van der Waals surface area contributed by atoms with Crippen LogP contribution in [0.5, 0.6) is 0 Å². The quantitative estimate of drug-likeness (QED) is 0.528. The third-order valence-corrected chi connectivity index (χ3v) is 1.95. The molecule has 1 aromatic heterocycles. The molecule has 0 spiro atoms. The lowest BCUT2D eigenvalue weighted by Gasteiger charge is -2.10. The number of hydrogen-bond donors (Lipinski definition) is 4. The van der Waals surface area contributed by atoms with Crippen molar-refractivity contribution < 1.29 is 19.5 Å². The van der Waals surface area contributed by atoms with E-state index in [1.807, 2.05) is 0 Å². The van der Waals surface area contributed by atoms with Crippen LogP contribution in [0.1, 0.15) is 34.3 Å². The Hall–Kier alpha value is -2.38. The van der Waals surface area contributed by atoms with E-state index in [1.54, 1.807) is 6.92 Å². The minimum Gasteiger partial charge on any atom is -0.477 e. The molecule has 1 atom stereocenters. The number of aromatic nitrogens is 2. The molecule has 1 aromatic rings. The van der Waals surface area contributed by atoms with Gasteiger partial charge in [-0.1, -0.05) is 0 Å². The molecule has 17 heavy (non-hydrogen) atoms. The zero-order valence-electron chi connectivity index (χ0n) is 9.06. The van der Waals surface area contributed by atoms with Crippen molar-refractivity contribution in [3.05, 3.63) is 17.7 Å². The predicted molar refractivity (Wildman–Crippen MR) is 56.3 cm³/mol. The zero-order valence-corrected chi connectivity index (χ0v) is 9.06. The summed E-state index contributed by atoms with van der Waals surface area (Å²) in [6.07, 6.45) is 1.08. The summed E-state index contributed by atoms with van der Waals surface area (Å²) in [5.74, 6) is -2.51. The maximum Gasteiger partial charge on any atom is 0.354 e. The number of primary amides is 1. The van der Waals surface area contributed by atoms with Gasteiger partial charge in [0.2, 0.25) is 5.91 Å². The topological polar surface area (TPSA) is 138 Å². The molecule has 0 aliphatic carbocycles. The van der Waals surface area contributed by atoms with E-state index < -0.39 is 23.8 Å². The van der Waals surface area contributed by atoms with Crippen molar-refractivity contribution in [2.45, 2.75) is 19.4 Å². The Kier molecular flexibility index (Phi) is 3.81. The molecule has 0 aliphatic heterocycles. The summed E-state index contributed by atoms with van der Waals surface area (Å²) >= 11 is 0. The van der Waals surface area contributed by atoms with E-state index in [4.69, 9.17) is 10.8 Å². The Bertz CT molecular complexity index is 454. The molecule has 0 radical (unpaired) electrons. The molecule has 0 saturated carbocycles. The second kappa shape index (κ2) is 5.10. The molecule has 1 heterocycles. The van der Waals surface area contributed by atoms with Crippen LogP contribution in [-0.4, -0.2) is 38.9 Å². The fourth-order valence-corrected chi connectivity index (χ4v) is 1.27. The molecule has 1 unspecified atom stereocenters. The van der Waals surface area contributed by atoms with E-state index in [9.17, 15) is 14.4 Å². The van der Waals surface area contributed by atoms with Crippen LogP contribution in [0.3, 0.4) is 0 Å². The molecule has 8 nitrogen and oxygen atoms in total. The minimum atomic E-state index is -1.28. The number of carboxylic acid groups (broad SMARTS) is 1. The highest BCUT2D eigenvalue weighted by atomic mass is 16.4. The summed E-state index contributed by atoms with van der Waals surface area (Å²) in [5, 5.41) is 11.2. The predicted octanol–water partition coefficient (Wildman–Crippen LogP) is -0.898. The zero-order chi connectivity index (χ0) is 13.0. The number of carboxylic acids is 1. The lowest BCUT2D eigenvalue weighted by Crippen LogP contribution is -2.36. The number of nitrogens with zero attached hydrogens (tertiary/aromatic N) is 1. The number of imidazole rings is 1. The van der Waals surface area contributed by atoms with Gasteiger partial charge in [-0.05, 0) is 6.92 Å². The highest BCUT2D eigenvalue weighted by Crippen LogP contribution is 2.03. The van der Waals surface area contributed by atoms with Crippen molar-refractivity contribution >= 4 is 17.8 Å². The van der Waals surface area contributed by atoms with Crippen molar-refractivity contribution in [2.75, 3.05) is 0 Å². The highest BCUT2D eigenvalue weighted by molar-refractivity contribution is 6.02. The maximum atomic E-state index is 11.6. The van der Waals surface area contributed by atoms with Crippen LogP contribution < -0.4 is 11.1 Å². The molecule has 0 bridgehead atoms. The third kappa shape index (κ3) is 3.30. The number of nitrogens with two attached hydrogens (primary N) is 1. The van der Waals surface area contributed by atoms with E-state index in [2.05, 4.69) is 15.3 Å². The molecule has 5 N–H and O–H groups in total. The molecule has 0 fully saturated rings. The summed E-state index contributed by atoms with van der Waals surface area (Å²) in [5.41, 5.74) is 4.43. The number of carbonyl (C=O) groups is 3. The molecule has 1 rings (SSSR count). The van der Waals surface area contributed by atoms with Crippen molar-refractivity contribution in [2.24, 2.45) is 5.73 Å². The van der Waals surface area contributed by atoms with Gasteiger partial charge in [-0.25, -0.2) is 9.78 Å². The van der Waals surface area contributed by atoms with Gasteiger partial charge < -0.3 is 21.1 Å². The van der Waals surface area contributed by atoms with Crippen LogP contribution in [0.25, 0.3) is 0 Å². The largest absolute Gasteiger partial charge is 0.477 e. The third-order valence-electron chi connectivity index (χ3n) is 1.95. The number of rotatable bonds is 5. The average Bonchev–Trinajstić information content (AvgIpc) is 2.63. The first-order valence-electron chi connectivity index (χ1n) is 4.77. The lowest BCUT2D eigenvalue weighted by molar-refractivity contribution is -0.118. The Labute approximate surface area is 96.2 Å². The Balaban J connectivity index is 2.73. The first-order valence-corrected chi connectivity index (χ1v) is 4.77. The van der Waals surface area contributed by atoms with Gasteiger partial charge in [-0.3, -0.25) is 9.59 Å². The smallest absolute Gasteiger partial charge is 0.354 e. The number of H-pyrrole nitrogens is 1. The molecule has 0 saturated heterocycles. The first kappa shape index (κ1) is 12.7. The second-order valence-electron chi connectivity index (χ2n) is 3.48. The van der Waals surface area contributed by atoms with Crippen molar-refractivity contribution in [1.29, 1.82) is 0 Å². The van der Waals surface area contributed by atoms with Crippen LogP contribution in [0.15, 0.2) is 6.33 Å². The van der Waals surface area contributed by atoms with Crippen molar-refractivity contribution in [3.63, 3.8) is 0 Å². The number of carbonyl (C=O) groups excluding carboxylic acids is 2.